The standard InChI is InChI=1S/C11H16.C2H6.2CH2O/c1-4-10(3)11-7-5-9(2)6-8-11;3*1-2/h5-8,10H,4H2,1-3H3;1-2H3;2*1H2. The zero-order chi connectivity index (χ0) is 14.3. The Kier molecular flexibility index (Phi) is 20.9. The van der Waals surface area contributed by atoms with E-state index in [2.05, 4.69) is 45.0 Å². The molecule has 0 aliphatic heterocycles. The monoisotopic (exact) mass is 238 g/mol. The number of carbonyl (C=O) groups excluding carboxylic acids is 2. The van der Waals surface area contributed by atoms with Crippen LogP contribution in [0, 0.1) is 6.92 Å². The second-order valence-corrected chi connectivity index (χ2v) is 3.22. The number of hydrogen-bond acceptors (Lipinski definition) is 2. The molecule has 1 rings (SSSR count). The highest BCUT2D eigenvalue weighted by Crippen LogP contribution is 2.18. The van der Waals surface area contributed by atoms with E-state index in [1.165, 1.54) is 17.5 Å². The van der Waals surface area contributed by atoms with Crippen molar-refractivity contribution in [2.45, 2.75) is 47.0 Å². The molecular weight excluding hydrogens is 212 g/mol. The van der Waals surface area contributed by atoms with Crippen molar-refractivity contribution >= 4 is 13.6 Å². The molecule has 98 valence electrons. The number of rotatable bonds is 2. The van der Waals surface area contributed by atoms with Crippen LogP contribution in [0.4, 0.5) is 0 Å². The van der Waals surface area contributed by atoms with Crippen LogP contribution in [-0.4, -0.2) is 13.6 Å². The van der Waals surface area contributed by atoms with Crippen LogP contribution in [0.2, 0.25) is 0 Å². The van der Waals surface area contributed by atoms with Gasteiger partial charge < -0.3 is 9.59 Å². The minimum Gasteiger partial charge on any atom is -0.307 e. The Balaban J connectivity index is -0.000000285. The first-order valence-corrected chi connectivity index (χ1v) is 5.88. The third kappa shape index (κ3) is 10.8. The lowest BCUT2D eigenvalue weighted by Gasteiger charge is -2.07. The molecule has 0 saturated carbocycles. The van der Waals surface area contributed by atoms with Crippen LogP contribution in [0.3, 0.4) is 0 Å². The predicted octanol–water partition coefficient (Wildman–Crippen LogP) is 4.16. The molecule has 0 aliphatic carbocycles. The Morgan fingerprint density at radius 1 is 1.00 bits per heavy atom. The van der Waals surface area contributed by atoms with E-state index < -0.39 is 0 Å². The molecule has 0 amide bonds. The second kappa shape index (κ2) is 17.0. The Hall–Kier alpha value is -1.44. The van der Waals surface area contributed by atoms with Gasteiger partial charge >= 0.3 is 0 Å². The van der Waals surface area contributed by atoms with Gasteiger partial charge in [0.2, 0.25) is 0 Å². The van der Waals surface area contributed by atoms with Crippen LogP contribution < -0.4 is 0 Å². The summed E-state index contributed by atoms with van der Waals surface area (Å²) in [6.07, 6.45) is 1.23. The number of hydrogen-bond donors (Lipinski definition) is 0. The molecule has 1 atom stereocenters. The van der Waals surface area contributed by atoms with Crippen molar-refractivity contribution in [3.8, 4) is 0 Å². The van der Waals surface area contributed by atoms with Gasteiger partial charge in [0.05, 0.1) is 0 Å². The summed E-state index contributed by atoms with van der Waals surface area (Å²) in [6.45, 7) is 14.6. The molecule has 1 unspecified atom stereocenters. The number of benzene rings is 1. The molecule has 0 aromatic heterocycles. The molecule has 2 heteroatoms. The molecule has 0 radical (unpaired) electrons. The number of aryl methyl sites for hydroxylation is 1. The van der Waals surface area contributed by atoms with Crippen molar-refractivity contribution in [3.05, 3.63) is 35.4 Å². The van der Waals surface area contributed by atoms with E-state index in [1.807, 2.05) is 27.4 Å². The molecule has 0 spiro atoms. The maximum Gasteiger partial charge on any atom is 0.106 e. The normalized spacial score (nSPS) is 9.24. The fraction of sp³-hybridized carbons (Fsp3) is 0.467. The molecule has 1 aromatic rings. The Morgan fingerprint density at radius 2 is 1.35 bits per heavy atom. The first kappa shape index (κ1) is 20.9. The average molecular weight is 238 g/mol. The van der Waals surface area contributed by atoms with E-state index in [9.17, 15) is 0 Å². The lowest BCUT2D eigenvalue weighted by atomic mass is 9.98. The molecular formula is C15H26O2. The Bertz CT molecular complexity index is 240. The van der Waals surface area contributed by atoms with E-state index >= 15 is 0 Å². The van der Waals surface area contributed by atoms with E-state index in [0.717, 1.165) is 0 Å². The topological polar surface area (TPSA) is 34.1 Å². The molecule has 0 saturated heterocycles. The molecule has 0 N–H and O–H groups in total. The zero-order valence-electron chi connectivity index (χ0n) is 11.8. The van der Waals surface area contributed by atoms with E-state index in [-0.39, 0.29) is 0 Å². The Labute approximate surface area is 106 Å². The first-order chi connectivity index (χ1) is 8.24. The van der Waals surface area contributed by atoms with Gasteiger partial charge in [-0.3, -0.25) is 0 Å². The number of carbonyl (C=O) groups is 2. The van der Waals surface area contributed by atoms with Crippen molar-refractivity contribution in [1.29, 1.82) is 0 Å². The van der Waals surface area contributed by atoms with Crippen LogP contribution in [0.5, 0.6) is 0 Å². The fourth-order valence-electron chi connectivity index (χ4n) is 1.13. The predicted molar refractivity (Wildman–Crippen MR) is 75.5 cm³/mol. The first-order valence-electron chi connectivity index (χ1n) is 5.88. The van der Waals surface area contributed by atoms with E-state index in [4.69, 9.17) is 9.59 Å². The summed E-state index contributed by atoms with van der Waals surface area (Å²) in [5, 5.41) is 0. The minimum atomic E-state index is 0.704. The van der Waals surface area contributed by atoms with Gasteiger partial charge in [0.25, 0.3) is 0 Å². The summed E-state index contributed by atoms with van der Waals surface area (Å²) in [4.78, 5) is 16.0. The highest BCUT2D eigenvalue weighted by Gasteiger charge is 2.00. The minimum absolute atomic E-state index is 0.704. The van der Waals surface area contributed by atoms with Gasteiger partial charge in [-0.25, -0.2) is 0 Å². The van der Waals surface area contributed by atoms with Gasteiger partial charge in [0, 0.05) is 0 Å². The van der Waals surface area contributed by atoms with E-state index in [0.29, 0.717) is 5.92 Å². The van der Waals surface area contributed by atoms with Gasteiger partial charge in [-0.1, -0.05) is 57.5 Å². The summed E-state index contributed by atoms with van der Waals surface area (Å²) >= 11 is 0. The molecule has 0 heterocycles. The Morgan fingerprint density at radius 3 is 1.65 bits per heavy atom. The summed E-state index contributed by atoms with van der Waals surface area (Å²) in [6, 6.07) is 8.82. The molecule has 0 aliphatic rings. The van der Waals surface area contributed by atoms with Gasteiger partial charge in [-0.2, -0.15) is 0 Å². The van der Waals surface area contributed by atoms with Crippen molar-refractivity contribution in [2.24, 2.45) is 0 Å². The van der Waals surface area contributed by atoms with Crippen molar-refractivity contribution in [1.82, 2.24) is 0 Å². The lowest BCUT2D eigenvalue weighted by Crippen LogP contribution is -1.89. The fourth-order valence-corrected chi connectivity index (χ4v) is 1.13. The molecule has 2 nitrogen and oxygen atoms in total. The summed E-state index contributed by atoms with van der Waals surface area (Å²) in [5.41, 5.74) is 2.80. The van der Waals surface area contributed by atoms with E-state index in [1.54, 1.807) is 0 Å². The maximum absolute atomic E-state index is 8.00. The van der Waals surface area contributed by atoms with Gasteiger partial charge in [-0.05, 0) is 24.8 Å². The molecule has 1 aromatic carbocycles. The van der Waals surface area contributed by atoms with Gasteiger partial charge in [0.15, 0.2) is 0 Å². The summed E-state index contributed by atoms with van der Waals surface area (Å²) < 4.78 is 0. The van der Waals surface area contributed by atoms with Gasteiger partial charge in [-0.15, -0.1) is 0 Å². The quantitative estimate of drug-likeness (QED) is 0.775. The smallest absolute Gasteiger partial charge is 0.106 e. The lowest BCUT2D eigenvalue weighted by molar-refractivity contribution is -0.0987. The van der Waals surface area contributed by atoms with Crippen LogP contribution in [0.15, 0.2) is 24.3 Å². The largest absolute Gasteiger partial charge is 0.307 e. The molecule has 17 heavy (non-hydrogen) atoms. The van der Waals surface area contributed by atoms with Crippen molar-refractivity contribution in [2.75, 3.05) is 0 Å². The molecule has 0 fully saturated rings. The second-order valence-electron chi connectivity index (χ2n) is 3.22. The zero-order valence-corrected chi connectivity index (χ0v) is 11.8. The van der Waals surface area contributed by atoms with Crippen molar-refractivity contribution < 1.29 is 9.59 Å². The van der Waals surface area contributed by atoms with Crippen LogP contribution in [-0.2, 0) is 9.59 Å². The highest BCUT2D eigenvalue weighted by molar-refractivity contribution is 5.23. The van der Waals surface area contributed by atoms with Crippen LogP contribution in [0.1, 0.15) is 51.2 Å². The SMILES string of the molecule is C=O.C=O.CC.CCC(C)c1ccc(C)cc1. The summed E-state index contributed by atoms with van der Waals surface area (Å²) in [7, 11) is 0. The third-order valence-corrected chi connectivity index (χ3v) is 2.26. The maximum atomic E-state index is 8.00. The van der Waals surface area contributed by atoms with Gasteiger partial charge in [0.1, 0.15) is 13.6 Å². The average Bonchev–Trinajstić information content (AvgIpc) is 2.45. The third-order valence-electron chi connectivity index (χ3n) is 2.26. The summed E-state index contributed by atoms with van der Waals surface area (Å²) in [5.74, 6) is 0.704. The van der Waals surface area contributed by atoms with Crippen LogP contribution in [0.25, 0.3) is 0 Å². The van der Waals surface area contributed by atoms with Crippen molar-refractivity contribution in [3.63, 3.8) is 0 Å². The highest BCUT2D eigenvalue weighted by atomic mass is 16.1. The van der Waals surface area contributed by atoms with Crippen LogP contribution >= 0.6 is 0 Å². The molecule has 0 bridgehead atoms.